The normalized spacial score (nSPS) is 21.2. The minimum absolute atomic E-state index is 0.0293. The average molecular weight is 451 g/mol. The van der Waals surface area contributed by atoms with Crippen molar-refractivity contribution < 1.29 is 37.3 Å². The zero-order chi connectivity index (χ0) is 23.1. The van der Waals surface area contributed by atoms with Crippen LogP contribution in [0.5, 0.6) is 17.2 Å². The second-order valence-corrected chi connectivity index (χ2v) is 8.30. The van der Waals surface area contributed by atoms with E-state index in [2.05, 4.69) is 0 Å². The number of ether oxygens (including phenoxy) is 3. The molecule has 2 aliphatic rings. The van der Waals surface area contributed by atoms with Crippen LogP contribution in [-0.2, 0) is 10.9 Å². The molecule has 1 atom stereocenters. The second kappa shape index (κ2) is 8.20. The van der Waals surface area contributed by atoms with Crippen molar-refractivity contribution >= 4 is 11.5 Å². The van der Waals surface area contributed by atoms with E-state index in [4.69, 9.17) is 14.2 Å². The molecular weight excluding hydrogens is 427 g/mol. The van der Waals surface area contributed by atoms with E-state index < -0.39 is 17.3 Å². The molecule has 1 fully saturated rings. The predicted octanol–water partition coefficient (Wildman–Crippen LogP) is 4.36. The molecule has 2 aromatic carbocycles. The first kappa shape index (κ1) is 22.3. The van der Waals surface area contributed by atoms with Gasteiger partial charge in [-0.1, -0.05) is 6.07 Å². The number of morpholine rings is 1. The Kier molecular flexibility index (Phi) is 5.70. The van der Waals surface area contributed by atoms with Gasteiger partial charge >= 0.3 is 6.18 Å². The number of ketones is 1. The number of anilines is 1. The molecule has 0 saturated carbocycles. The van der Waals surface area contributed by atoms with Crippen molar-refractivity contribution in [1.82, 2.24) is 0 Å². The molecule has 32 heavy (non-hydrogen) atoms. The van der Waals surface area contributed by atoms with E-state index in [1.54, 1.807) is 13.0 Å². The third-order valence-electron chi connectivity index (χ3n) is 5.73. The molecule has 0 aliphatic carbocycles. The molecule has 9 heteroatoms. The van der Waals surface area contributed by atoms with Crippen LogP contribution in [0.3, 0.4) is 0 Å². The van der Waals surface area contributed by atoms with E-state index in [-0.39, 0.29) is 47.2 Å². The van der Waals surface area contributed by atoms with Gasteiger partial charge in [0, 0.05) is 36.5 Å². The van der Waals surface area contributed by atoms with E-state index in [0.717, 1.165) is 6.07 Å². The third-order valence-corrected chi connectivity index (χ3v) is 5.73. The number of hydrogen-bond acceptors (Lipinski definition) is 6. The number of phenols is 1. The van der Waals surface area contributed by atoms with Crippen LogP contribution in [0, 0.1) is 6.92 Å². The molecule has 6 nitrogen and oxygen atoms in total. The summed E-state index contributed by atoms with van der Waals surface area (Å²) in [5, 5.41) is 10.5. The minimum Gasteiger partial charge on any atom is -0.507 e. The van der Waals surface area contributed by atoms with Crippen molar-refractivity contribution in [1.29, 1.82) is 0 Å². The Labute approximate surface area is 183 Å². The number of hydrogen-bond donors (Lipinski definition) is 1. The van der Waals surface area contributed by atoms with Crippen LogP contribution in [-0.4, -0.2) is 49.4 Å². The highest BCUT2D eigenvalue weighted by atomic mass is 19.4. The largest absolute Gasteiger partial charge is 0.507 e. The number of rotatable bonds is 4. The highest BCUT2D eigenvalue weighted by Crippen LogP contribution is 2.42. The molecule has 0 amide bonds. The Balaban J connectivity index is 1.57. The maximum Gasteiger partial charge on any atom is 0.416 e. The number of alkyl halides is 3. The molecule has 0 bridgehead atoms. The Bertz CT molecular complexity index is 1030. The van der Waals surface area contributed by atoms with Crippen molar-refractivity contribution in [2.24, 2.45) is 0 Å². The van der Waals surface area contributed by atoms with Crippen LogP contribution in [0.15, 0.2) is 30.3 Å². The van der Waals surface area contributed by atoms with Crippen LogP contribution in [0.2, 0.25) is 0 Å². The van der Waals surface area contributed by atoms with E-state index in [1.807, 2.05) is 4.90 Å². The minimum atomic E-state index is -4.49. The molecule has 2 aliphatic heterocycles. The SMILES string of the molecule is Cc1c(OCC2(C)CC(=O)c3c(O)cc(N4CCOCC4)cc3O2)cccc1C(F)(F)F. The van der Waals surface area contributed by atoms with Gasteiger partial charge < -0.3 is 24.2 Å². The maximum atomic E-state index is 13.2. The summed E-state index contributed by atoms with van der Waals surface area (Å²) in [5.74, 6) is -0.169. The lowest BCUT2D eigenvalue weighted by molar-refractivity contribution is -0.138. The third kappa shape index (κ3) is 4.34. The van der Waals surface area contributed by atoms with Crippen LogP contribution in [0.4, 0.5) is 18.9 Å². The zero-order valence-electron chi connectivity index (χ0n) is 17.8. The molecule has 1 N–H and O–H groups in total. The van der Waals surface area contributed by atoms with Crippen LogP contribution >= 0.6 is 0 Å². The van der Waals surface area contributed by atoms with Gasteiger partial charge in [-0.25, -0.2) is 0 Å². The lowest BCUT2D eigenvalue weighted by Gasteiger charge is -2.36. The van der Waals surface area contributed by atoms with Gasteiger partial charge in [-0.05, 0) is 26.0 Å². The fraction of sp³-hybridized carbons (Fsp3) is 0.435. The van der Waals surface area contributed by atoms with E-state index >= 15 is 0 Å². The van der Waals surface area contributed by atoms with Crippen LogP contribution in [0.25, 0.3) is 0 Å². The van der Waals surface area contributed by atoms with Gasteiger partial charge in [-0.2, -0.15) is 13.2 Å². The highest BCUT2D eigenvalue weighted by molar-refractivity contribution is 6.03. The van der Waals surface area contributed by atoms with Crippen LogP contribution in [0.1, 0.15) is 34.8 Å². The summed E-state index contributed by atoms with van der Waals surface area (Å²) in [4.78, 5) is 14.8. The summed E-state index contributed by atoms with van der Waals surface area (Å²) >= 11 is 0. The van der Waals surface area contributed by atoms with Crippen molar-refractivity contribution in [3.63, 3.8) is 0 Å². The zero-order valence-corrected chi connectivity index (χ0v) is 17.8. The molecule has 0 spiro atoms. The Morgan fingerprint density at radius 1 is 1.22 bits per heavy atom. The quantitative estimate of drug-likeness (QED) is 0.745. The number of carbonyl (C=O) groups excluding carboxylic acids is 1. The number of phenolic OH excluding ortho intramolecular Hbond substituents is 1. The van der Waals surface area contributed by atoms with Gasteiger partial charge in [0.15, 0.2) is 5.78 Å². The Morgan fingerprint density at radius 2 is 1.94 bits per heavy atom. The fourth-order valence-electron chi connectivity index (χ4n) is 4.07. The van der Waals surface area contributed by atoms with Crippen molar-refractivity contribution in [2.75, 3.05) is 37.8 Å². The molecule has 2 aromatic rings. The summed E-state index contributed by atoms with van der Waals surface area (Å²) in [7, 11) is 0. The monoisotopic (exact) mass is 451 g/mol. The Hall–Kier alpha value is -2.94. The smallest absolute Gasteiger partial charge is 0.416 e. The summed E-state index contributed by atoms with van der Waals surface area (Å²) in [6, 6.07) is 6.97. The number of fused-ring (bicyclic) bond motifs is 1. The van der Waals surface area contributed by atoms with Gasteiger partial charge in [0.05, 0.1) is 25.2 Å². The molecule has 172 valence electrons. The first-order valence-corrected chi connectivity index (χ1v) is 10.3. The maximum absolute atomic E-state index is 13.2. The predicted molar refractivity (Wildman–Crippen MR) is 111 cm³/mol. The standard InChI is InChI=1S/C23H24F3NO5/c1-14-16(23(24,25)26)4-3-5-19(14)31-13-22(2)12-18(29)21-17(28)10-15(11-20(21)32-22)27-6-8-30-9-7-27/h3-5,10-11,28H,6-9,12-13H2,1-2H3. The second-order valence-electron chi connectivity index (χ2n) is 8.30. The number of Topliss-reactive ketones (excluding diaryl/α,β-unsaturated/α-hetero) is 1. The van der Waals surface area contributed by atoms with Gasteiger partial charge in [0.2, 0.25) is 0 Å². The van der Waals surface area contributed by atoms with Crippen LogP contribution < -0.4 is 14.4 Å². The van der Waals surface area contributed by atoms with Gasteiger partial charge in [0.1, 0.15) is 35.0 Å². The fourth-order valence-corrected chi connectivity index (χ4v) is 4.07. The molecular formula is C23H24F3NO5. The van der Waals surface area contributed by atoms with Gasteiger partial charge in [-0.3, -0.25) is 4.79 Å². The van der Waals surface area contributed by atoms with Crippen molar-refractivity contribution in [3.05, 3.63) is 47.0 Å². The summed E-state index contributed by atoms with van der Waals surface area (Å²) < 4.78 is 56.7. The number of aromatic hydroxyl groups is 1. The number of nitrogens with zero attached hydrogens (tertiary/aromatic N) is 1. The molecule has 1 unspecified atom stereocenters. The average Bonchev–Trinajstić information content (AvgIpc) is 2.72. The first-order valence-electron chi connectivity index (χ1n) is 10.3. The number of carbonyl (C=O) groups is 1. The Morgan fingerprint density at radius 3 is 2.62 bits per heavy atom. The molecule has 4 rings (SSSR count). The lowest BCUT2D eigenvalue weighted by atomic mass is 9.91. The first-order chi connectivity index (χ1) is 15.1. The molecule has 0 aromatic heterocycles. The molecule has 1 saturated heterocycles. The van der Waals surface area contributed by atoms with Gasteiger partial charge in [0.25, 0.3) is 0 Å². The summed E-state index contributed by atoms with van der Waals surface area (Å²) in [6.45, 7) is 5.26. The molecule has 2 heterocycles. The molecule has 0 radical (unpaired) electrons. The van der Waals surface area contributed by atoms with E-state index in [9.17, 15) is 23.1 Å². The number of benzene rings is 2. The van der Waals surface area contributed by atoms with Crippen molar-refractivity contribution in [3.8, 4) is 17.2 Å². The highest BCUT2D eigenvalue weighted by Gasteiger charge is 2.40. The lowest BCUT2D eigenvalue weighted by Crippen LogP contribution is -2.44. The number of halogens is 3. The van der Waals surface area contributed by atoms with Crippen molar-refractivity contribution in [2.45, 2.75) is 32.0 Å². The van der Waals surface area contributed by atoms with Gasteiger partial charge in [-0.15, -0.1) is 0 Å². The summed E-state index contributed by atoms with van der Waals surface area (Å²) in [5.41, 5.74) is -1.10. The summed E-state index contributed by atoms with van der Waals surface area (Å²) in [6.07, 6.45) is -4.57. The topological polar surface area (TPSA) is 68.2 Å². The van der Waals surface area contributed by atoms with E-state index in [1.165, 1.54) is 25.1 Å². The van der Waals surface area contributed by atoms with E-state index in [0.29, 0.717) is 32.0 Å².